The molecule has 0 rings (SSSR count). The number of carboxylic acid groups (broad SMARTS) is 1. The first-order chi connectivity index (χ1) is 7.91. The first-order valence-corrected chi connectivity index (χ1v) is 6.43. The molecule has 0 spiro atoms. The Hall–Kier alpha value is -1.06. The molecule has 1 amide bonds. The van der Waals surface area contributed by atoms with Gasteiger partial charge >= 0.3 is 5.97 Å². The number of amides is 1. The highest BCUT2D eigenvalue weighted by atomic mass is 16.4. The van der Waals surface area contributed by atoms with E-state index in [1.165, 1.54) is 6.42 Å². The minimum Gasteiger partial charge on any atom is -0.481 e. The third-order valence-corrected chi connectivity index (χ3v) is 2.62. The van der Waals surface area contributed by atoms with Crippen LogP contribution in [0.4, 0.5) is 0 Å². The lowest BCUT2D eigenvalue weighted by Crippen LogP contribution is -2.32. The van der Waals surface area contributed by atoms with Crippen LogP contribution in [0.2, 0.25) is 0 Å². The topological polar surface area (TPSA) is 66.4 Å². The normalized spacial score (nSPS) is 12.5. The monoisotopic (exact) mass is 243 g/mol. The SMILES string of the molecule is CC(C)CCCC(C)NC(=O)CCCC(=O)O. The van der Waals surface area contributed by atoms with Crippen molar-refractivity contribution in [3.8, 4) is 0 Å². The van der Waals surface area contributed by atoms with E-state index in [4.69, 9.17) is 5.11 Å². The zero-order chi connectivity index (χ0) is 13.3. The lowest BCUT2D eigenvalue weighted by Gasteiger charge is -2.14. The summed E-state index contributed by atoms with van der Waals surface area (Å²) in [5.41, 5.74) is 0. The Morgan fingerprint density at radius 1 is 1.06 bits per heavy atom. The molecule has 1 unspecified atom stereocenters. The molecule has 0 aromatic rings. The van der Waals surface area contributed by atoms with Gasteiger partial charge in [0.2, 0.25) is 5.91 Å². The molecule has 0 heterocycles. The predicted molar refractivity (Wildman–Crippen MR) is 67.8 cm³/mol. The van der Waals surface area contributed by atoms with Crippen LogP contribution < -0.4 is 5.32 Å². The maximum atomic E-state index is 11.4. The molecule has 0 aliphatic heterocycles. The number of hydrogen-bond acceptors (Lipinski definition) is 2. The fraction of sp³-hybridized carbons (Fsp3) is 0.846. The molecule has 0 radical (unpaired) electrons. The average Bonchev–Trinajstić information content (AvgIpc) is 2.15. The Bertz CT molecular complexity index is 239. The van der Waals surface area contributed by atoms with Crippen molar-refractivity contribution in [2.24, 2.45) is 5.92 Å². The van der Waals surface area contributed by atoms with Gasteiger partial charge in [-0.25, -0.2) is 0 Å². The second-order valence-corrected chi connectivity index (χ2v) is 5.04. The van der Waals surface area contributed by atoms with E-state index >= 15 is 0 Å². The summed E-state index contributed by atoms with van der Waals surface area (Å²) in [6.45, 7) is 6.37. The fourth-order valence-corrected chi connectivity index (χ4v) is 1.65. The third-order valence-electron chi connectivity index (χ3n) is 2.62. The first kappa shape index (κ1) is 15.9. The van der Waals surface area contributed by atoms with Gasteiger partial charge in [0.15, 0.2) is 0 Å². The number of aliphatic carboxylic acids is 1. The summed E-state index contributed by atoms with van der Waals surface area (Å²) in [7, 11) is 0. The van der Waals surface area contributed by atoms with Gasteiger partial charge in [0, 0.05) is 18.9 Å². The number of rotatable bonds is 9. The Morgan fingerprint density at radius 3 is 2.24 bits per heavy atom. The van der Waals surface area contributed by atoms with Gasteiger partial charge in [0.05, 0.1) is 0 Å². The Labute approximate surface area is 104 Å². The zero-order valence-corrected chi connectivity index (χ0v) is 11.2. The summed E-state index contributed by atoms with van der Waals surface area (Å²) in [4.78, 5) is 21.7. The van der Waals surface area contributed by atoms with Crippen molar-refractivity contribution in [2.45, 2.75) is 65.3 Å². The molecule has 17 heavy (non-hydrogen) atoms. The summed E-state index contributed by atoms with van der Waals surface area (Å²) >= 11 is 0. The molecule has 0 bridgehead atoms. The summed E-state index contributed by atoms with van der Waals surface area (Å²) < 4.78 is 0. The summed E-state index contributed by atoms with van der Waals surface area (Å²) in [5.74, 6) is -0.181. The van der Waals surface area contributed by atoms with E-state index in [-0.39, 0.29) is 18.4 Å². The molecule has 4 nitrogen and oxygen atoms in total. The van der Waals surface area contributed by atoms with Crippen molar-refractivity contribution in [2.75, 3.05) is 0 Å². The van der Waals surface area contributed by atoms with E-state index in [9.17, 15) is 9.59 Å². The summed E-state index contributed by atoms with van der Waals surface area (Å²) in [5, 5.41) is 11.3. The molecular formula is C13H25NO3. The largest absolute Gasteiger partial charge is 0.481 e. The van der Waals surface area contributed by atoms with Gasteiger partial charge in [0.1, 0.15) is 0 Å². The minimum atomic E-state index is -0.845. The van der Waals surface area contributed by atoms with Gasteiger partial charge in [-0.15, -0.1) is 0 Å². The number of carbonyl (C=O) groups excluding carboxylic acids is 1. The highest BCUT2D eigenvalue weighted by Gasteiger charge is 2.08. The van der Waals surface area contributed by atoms with Crippen LogP contribution in [0, 0.1) is 5.92 Å². The van der Waals surface area contributed by atoms with E-state index in [1.54, 1.807) is 0 Å². The van der Waals surface area contributed by atoms with E-state index in [0.29, 0.717) is 18.8 Å². The van der Waals surface area contributed by atoms with Crippen LogP contribution >= 0.6 is 0 Å². The molecule has 1 atom stereocenters. The molecule has 0 saturated heterocycles. The number of nitrogens with one attached hydrogen (secondary N) is 1. The quantitative estimate of drug-likeness (QED) is 0.654. The van der Waals surface area contributed by atoms with Gasteiger partial charge in [0.25, 0.3) is 0 Å². The second-order valence-electron chi connectivity index (χ2n) is 5.04. The Morgan fingerprint density at radius 2 is 1.71 bits per heavy atom. The molecule has 4 heteroatoms. The van der Waals surface area contributed by atoms with E-state index in [0.717, 1.165) is 12.8 Å². The van der Waals surface area contributed by atoms with Gasteiger partial charge in [-0.1, -0.05) is 26.7 Å². The van der Waals surface area contributed by atoms with Gasteiger partial charge in [-0.2, -0.15) is 0 Å². The van der Waals surface area contributed by atoms with Crippen molar-refractivity contribution in [3.63, 3.8) is 0 Å². The third kappa shape index (κ3) is 11.2. The van der Waals surface area contributed by atoms with Crippen LogP contribution in [0.25, 0.3) is 0 Å². The molecule has 2 N–H and O–H groups in total. The molecule has 0 aromatic heterocycles. The van der Waals surface area contributed by atoms with Crippen molar-refractivity contribution < 1.29 is 14.7 Å². The van der Waals surface area contributed by atoms with Crippen LogP contribution in [-0.2, 0) is 9.59 Å². The molecule has 0 aliphatic carbocycles. The number of hydrogen-bond donors (Lipinski definition) is 2. The molecule has 0 aromatic carbocycles. The van der Waals surface area contributed by atoms with E-state index in [1.807, 2.05) is 6.92 Å². The Kier molecular flexibility index (Phi) is 8.46. The lowest BCUT2D eigenvalue weighted by molar-refractivity contribution is -0.137. The first-order valence-electron chi connectivity index (χ1n) is 6.43. The molecule has 100 valence electrons. The van der Waals surface area contributed by atoms with Gasteiger partial charge in [-0.3, -0.25) is 9.59 Å². The maximum absolute atomic E-state index is 11.4. The minimum absolute atomic E-state index is 0.0386. The highest BCUT2D eigenvalue weighted by Crippen LogP contribution is 2.08. The lowest BCUT2D eigenvalue weighted by atomic mass is 10.0. The van der Waals surface area contributed by atoms with E-state index in [2.05, 4.69) is 19.2 Å². The van der Waals surface area contributed by atoms with Crippen molar-refractivity contribution in [3.05, 3.63) is 0 Å². The maximum Gasteiger partial charge on any atom is 0.303 e. The standard InChI is InChI=1S/C13H25NO3/c1-10(2)6-4-7-11(3)14-12(15)8-5-9-13(16)17/h10-11H,4-9H2,1-3H3,(H,14,15)(H,16,17). The van der Waals surface area contributed by atoms with Crippen molar-refractivity contribution >= 4 is 11.9 Å². The van der Waals surface area contributed by atoms with E-state index < -0.39 is 5.97 Å². The predicted octanol–water partition coefficient (Wildman–Crippen LogP) is 2.57. The van der Waals surface area contributed by atoms with Gasteiger partial charge in [-0.05, 0) is 25.7 Å². The van der Waals surface area contributed by atoms with Crippen LogP contribution in [0.3, 0.4) is 0 Å². The molecule has 0 aliphatic rings. The van der Waals surface area contributed by atoms with Crippen LogP contribution in [0.15, 0.2) is 0 Å². The number of carbonyl (C=O) groups is 2. The highest BCUT2D eigenvalue weighted by molar-refractivity contribution is 5.76. The van der Waals surface area contributed by atoms with Crippen molar-refractivity contribution in [1.82, 2.24) is 5.32 Å². The smallest absolute Gasteiger partial charge is 0.303 e. The molecule has 0 fully saturated rings. The van der Waals surface area contributed by atoms with Crippen LogP contribution in [0.5, 0.6) is 0 Å². The molecular weight excluding hydrogens is 218 g/mol. The fourth-order valence-electron chi connectivity index (χ4n) is 1.65. The van der Waals surface area contributed by atoms with Crippen molar-refractivity contribution in [1.29, 1.82) is 0 Å². The van der Waals surface area contributed by atoms with Crippen LogP contribution in [0.1, 0.15) is 59.3 Å². The zero-order valence-electron chi connectivity index (χ0n) is 11.2. The average molecular weight is 243 g/mol. The number of carboxylic acids is 1. The molecule has 0 saturated carbocycles. The Balaban J connectivity index is 3.55. The van der Waals surface area contributed by atoms with Gasteiger partial charge < -0.3 is 10.4 Å². The summed E-state index contributed by atoms with van der Waals surface area (Å²) in [6, 6.07) is 0.186. The van der Waals surface area contributed by atoms with Crippen LogP contribution in [-0.4, -0.2) is 23.0 Å². The second kappa shape index (κ2) is 9.02. The summed E-state index contributed by atoms with van der Waals surface area (Å²) in [6.07, 6.45) is 4.08.